The molecule has 0 radical (unpaired) electrons. The van der Waals surface area contributed by atoms with Crippen molar-refractivity contribution in [1.29, 1.82) is 0 Å². The van der Waals surface area contributed by atoms with Crippen LogP contribution in [0.15, 0.2) is 36.4 Å². The monoisotopic (exact) mass is 416 g/mol. The number of carbonyl (C=O) groups excluding carboxylic acids is 3. The first kappa shape index (κ1) is 19.0. The van der Waals surface area contributed by atoms with Crippen molar-refractivity contribution in [3.05, 3.63) is 68.7 Å². The number of benzene rings is 2. The van der Waals surface area contributed by atoms with Gasteiger partial charge in [-0.05, 0) is 55.5 Å². The molecule has 7 heteroatoms. The molecule has 1 atom stereocenters. The zero-order chi connectivity index (χ0) is 20.1. The summed E-state index contributed by atoms with van der Waals surface area (Å²) in [6.07, 6.45) is 3.06. The lowest BCUT2D eigenvalue weighted by atomic mass is 9.92. The second-order valence-electron chi connectivity index (χ2n) is 7.33. The molecule has 144 valence electrons. The van der Waals surface area contributed by atoms with Gasteiger partial charge >= 0.3 is 6.03 Å². The van der Waals surface area contributed by atoms with Gasteiger partial charge in [-0.25, -0.2) is 4.79 Å². The van der Waals surface area contributed by atoms with E-state index in [-0.39, 0.29) is 17.4 Å². The highest BCUT2D eigenvalue weighted by molar-refractivity contribution is 6.35. The summed E-state index contributed by atoms with van der Waals surface area (Å²) in [4.78, 5) is 39.2. The van der Waals surface area contributed by atoms with Gasteiger partial charge in [-0.15, -0.1) is 0 Å². The van der Waals surface area contributed by atoms with Crippen LogP contribution in [-0.4, -0.2) is 29.2 Å². The Morgan fingerprint density at radius 1 is 1.11 bits per heavy atom. The quantitative estimate of drug-likeness (QED) is 0.601. The molecule has 1 N–H and O–H groups in total. The predicted octanol–water partition coefficient (Wildman–Crippen LogP) is 4.13. The number of nitrogens with one attached hydrogen (secondary N) is 1. The van der Waals surface area contributed by atoms with Crippen LogP contribution in [0.1, 0.15) is 40.4 Å². The summed E-state index contributed by atoms with van der Waals surface area (Å²) >= 11 is 12.2. The zero-order valence-electron chi connectivity index (χ0n) is 15.2. The molecule has 1 saturated heterocycles. The van der Waals surface area contributed by atoms with E-state index in [2.05, 4.69) is 5.32 Å². The summed E-state index contributed by atoms with van der Waals surface area (Å²) in [6, 6.07) is 9.70. The summed E-state index contributed by atoms with van der Waals surface area (Å²) in [6.45, 7) is 1.26. The minimum Gasteiger partial charge on any atom is -0.319 e. The Balaban J connectivity index is 1.58. The molecule has 0 saturated carbocycles. The molecule has 2 aliphatic rings. The smallest absolute Gasteiger partial charge is 0.319 e. The minimum absolute atomic E-state index is 0.273. The van der Waals surface area contributed by atoms with Gasteiger partial charge in [-0.2, -0.15) is 0 Å². The molecule has 0 spiro atoms. The number of fused-ring (bicyclic) bond motifs is 1. The highest BCUT2D eigenvalue weighted by Crippen LogP contribution is 2.35. The first-order chi connectivity index (χ1) is 13.3. The van der Waals surface area contributed by atoms with E-state index < -0.39 is 17.5 Å². The molecular formula is C21H18Cl2N2O3. The van der Waals surface area contributed by atoms with Crippen molar-refractivity contribution in [1.82, 2.24) is 10.2 Å². The van der Waals surface area contributed by atoms with Gasteiger partial charge in [-0.3, -0.25) is 14.5 Å². The molecule has 1 fully saturated rings. The van der Waals surface area contributed by atoms with Gasteiger partial charge in [0.2, 0.25) is 0 Å². The number of hydrogen-bond acceptors (Lipinski definition) is 3. The molecular weight excluding hydrogens is 399 g/mol. The molecule has 0 bridgehead atoms. The molecule has 28 heavy (non-hydrogen) atoms. The molecule has 0 aromatic heterocycles. The Bertz CT molecular complexity index is 1020. The summed E-state index contributed by atoms with van der Waals surface area (Å²) in [5, 5.41) is 3.36. The van der Waals surface area contributed by atoms with Gasteiger partial charge in [0, 0.05) is 21.2 Å². The standard InChI is InChI=1S/C21H18Cl2N2O3/c1-21(16-8-7-15(22)10-17(16)23)19(27)25(20(28)24-21)11-18(26)14-6-5-12-3-2-4-13(12)9-14/h5-10H,2-4,11H2,1H3,(H,24,28)/t21-/m0/s1. The number of ketones is 1. The molecule has 1 heterocycles. The number of nitrogens with zero attached hydrogens (tertiary/aromatic N) is 1. The molecule has 3 amide bonds. The van der Waals surface area contributed by atoms with Crippen molar-refractivity contribution in [2.75, 3.05) is 6.54 Å². The van der Waals surface area contributed by atoms with Crippen molar-refractivity contribution >= 4 is 40.9 Å². The first-order valence-electron chi connectivity index (χ1n) is 9.04. The Hall–Kier alpha value is -2.37. The van der Waals surface area contributed by atoms with E-state index in [9.17, 15) is 14.4 Å². The molecule has 0 unspecified atom stereocenters. The van der Waals surface area contributed by atoms with E-state index in [0.717, 1.165) is 24.2 Å². The second kappa shape index (κ2) is 6.90. The molecule has 2 aromatic carbocycles. The number of hydrogen-bond donors (Lipinski definition) is 1. The van der Waals surface area contributed by atoms with Gasteiger partial charge in [0.1, 0.15) is 5.54 Å². The Labute approximate surface area is 172 Å². The van der Waals surface area contributed by atoms with E-state index in [1.54, 1.807) is 25.1 Å². The van der Waals surface area contributed by atoms with Crippen LogP contribution in [0.2, 0.25) is 10.0 Å². The average molecular weight is 417 g/mol. The number of halogens is 2. The van der Waals surface area contributed by atoms with Crippen molar-refractivity contribution in [2.45, 2.75) is 31.7 Å². The van der Waals surface area contributed by atoms with Gasteiger partial charge in [0.05, 0.1) is 6.54 Å². The fourth-order valence-corrected chi connectivity index (χ4v) is 4.50. The third kappa shape index (κ3) is 3.09. The zero-order valence-corrected chi connectivity index (χ0v) is 16.7. The SMILES string of the molecule is C[C@@]1(c2ccc(Cl)cc2Cl)NC(=O)N(CC(=O)c2ccc3c(c2)CCC3)C1=O. The minimum atomic E-state index is -1.35. The largest absolute Gasteiger partial charge is 0.325 e. The van der Waals surface area contributed by atoms with Crippen molar-refractivity contribution in [3.63, 3.8) is 0 Å². The van der Waals surface area contributed by atoms with E-state index >= 15 is 0 Å². The number of rotatable bonds is 4. The lowest BCUT2D eigenvalue weighted by molar-refractivity contribution is -0.130. The normalized spacial score (nSPS) is 21.0. The van der Waals surface area contributed by atoms with Crippen LogP contribution in [0, 0.1) is 0 Å². The fraction of sp³-hybridized carbons (Fsp3) is 0.286. The molecule has 4 rings (SSSR count). The summed E-state index contributed by atoms with van der Waals surface area (Å²) in [5.74, 6) is -0.791. The number of carbonyl (C=O) groups is 3. The number of urea groups is 1. The van der Waals surface area contributed by atoms with E-state index in [4.69, 9.17) is 23.2 Å². The molecule has 5 nitrogen and oxygen atoms in total. The van der Waals surface area contributed by atoms with Crippen LogP contribution in [0.25, 0.3) is 0 Å². The maximum absolute atomic E-state index is 13.0. The number of aryl methyl sites for hydroxylation is 2. The van der Waals surface area contributed by atoms with Gasteiger partial charge in [0.25, 0.3) is 5.91 Å². The summed E-state index contributed by atoms with van der Waals surface area (Å²) in [5.41, 5.74) is 2.03. The average Bonchev–Trinajstić information content (AvgIpc) is 3.19. The highest BCUT2D eigenvalue weighted by Gasteiger charge is 2.50. The van der Waals surface area contributed by atoms with Crippen LogP contribution in [0.5, 0.6) is 0 Å². The van der Waals surface area contributed by atoms with Crippen LogP contribution < -0.4 is 5.32 Å². The van der Waals surface area contributed by atoms with Crippen molar-refractivity contribution in [3.8, 4) is 0 Å². The van der Waals surface area contributed by atoms with Crippen LogP contribution in [0.4, 0.5) is 4.79 Å². The number of amides is 3. The Kier molecular flexibility index (Phi) is 4.68. The van der Waals surface area contributed by atoms with E-state index in [1.165, 1.54) is 17.2 Å². The molecule has 2 aromatic rings. The van der Waals surface area contributed by atoms with Crippen LogP contribution in [-0.2, 0) is 23.2 Å². The van der Waals surface area contributed by atoms with Crippen molar-refractivity contribution < 1.29 is 14.4 Å². The predicted molar refractivity (Wildman–Crippen MR) is 107 cm³/mol. The maximum Gasteiger partial charge on any atom is 0.325 e. The first-order valence-corrected chi connectivity index (χ1v) is 9.80. The van der Waals surface area contributed by atoms with Gasteiger partial charge < -0.3 is 5.32 Å². The lowest BCUT2D eigenvalue weighted by Gasteiger charge is -2.23. The van der Waals surface area contributed by atoms with E-state index in [0.29, 0.717) is 16.1 Å². The third-order valence-corrected chi connectivity index (χ3v) is 6.01. The van der Waals surface area contributed by atoms with Gasteiger partial charge in [0.15, 0.2) is 5.78 Å². The second-order valence-corrected chi connectivity index (χ2v) is 8.17. The van der Waals surface area contributed by atoms with Crippen LogP contribution in [0.3, 0.4) is 0 Å². The van der Waals surface area contributed by atoms with Crippen molar-refractivity contribution in [2.24, 2.45) is 0 Å². The topological polar surface area (TPSA) is 66.5 Å². The Morgan fingerprint density at radius 2 is 1.86 bits per heavy atom. The van der Waals surface area contributed by atoms with E-state index in [1.807, 2.05) is 12.1 Å². The molecule has 1 aliphatic heterocycles. The number of Topliss-reactive ketones (excluding diaryl/α,β-unsaturated/α-hetero) is 1. The van der Waals surface area contributed by atoms with Gasteiger partial charge in [-0.1, -0.05) is 41.4 Å². The summed E-state index contributed by atoms with van der Waals surface area (Å²) < 4.78 is 0. The molecule has 1 aliphatic carbocycles. The third-order valence-electron chi connectivity index (χ3n) is 5.47. The Morgan fingerprint density at radius 3 is 2.61 bits per heavy atom. The highest BCUT2D eigenvalue weighted by atomic mass is 35.5. The van der Waals surface area contributed by atoms with Crippen LogP contribution >= 0.6 is 23.2 Å². The fourth-order valence-electron chi connectivity index (χ4n) is 3.90. The lowest BCUT2D eigenvalue weighted by Crippen LogP contribution is -2.41. The maximum atomic E-state index is 13.0. The number of imide groups is 1. The summed E-state index contributed by atoms with van der Waals surface area (Å²) in [7, 11) is 0.